The molecule has 2 aromatic carbocycles. The normalized spacial score (nSPS) is 25.4. The highest BCUT2D eigenvalue weighted by molar-refractivity contribution is 9.10. The van der Waals surface area contributed by atoms with Crippen LogP contribution in [0.5, 0.6) is 0 Å². The SMILES string of the molecule is O=C1CC2CCCC(C1)N2c1ccc(Br)c2ccccc12. The van der Waals surface area contributed by atoms with Crippen molar-refractivity contribution in [2.45, 2.75) is 44.2 Å². The summed E-state index contributed by atoms with van der Waals surface area (Å²) in [4.78, 5) is 14.5. The molecule has 2 fully saturated rings. The fraction of sp³-hybridized carbons (Fsp3) is 0.389. The van der Waals surface area contributed by atoms with Crippen molar-refractivity contribution in [3.63, 3.8) is 0 Å². The van der Waals surface area contributed by atoms with Crippen LogP contribution >= 0.6 is 15.9 Å². The average Bonchev–Trinajstić information content (AvgIpc) is 2.48. The molecule has 2 aliphatic rings. The fourth-order valence-electron chi connectivity index (χ4n) is 4.04. The highest BCUT2D eigenvalue weighted by Gasteiger charge is 2.38. The van der Waals surface area contributed by atoms with Gasteiger partial charge in [-0.1, -0.05) is 40.2 Å². The van der Waals surface area contributed by atoms with Gasteiger partial charge in [0.1, 0.15) is 5.78 Å². The van der Waals surface area contributed by atoms with Crippen molar-refractivity contribution in [2.75, 3.05) is 4.90 Å². The Hall–Kier alpha value is -1.35. The molecule has 0 radical (unpaired) electrons. The summed E-state index contributed by atoms with van der Waals surface area (Å²) in [7, 11) is 0. The quantitative estimate of drug-likeness (QED) is 0.748. The summed E-state index contributed by atoms with van der Waals surface area (Å²) >= 11 is 3.65. The lowest BCUT2D eigenvalue weighted by atomic mass is 9.83. The highest BCUT2D eigenvalue weighted by atomic mass is 79.9. The third-order valence-corrected chi connectivity index (χ3v) is 5.61. The summed E-state index contributed by atoms with van der Waals surface area (Å²) in [5, 5.41) is 2.54. The smallest absolute Gasteiger partial charge is 0.137 e. The second-order valence-corrected chi connectivity index (χ2v) is 7.06. The lowest BCUT2D eigenvalue weighted by Crippen LogP contribution is -2.52. The summed E-state index contributed by atoms with van der Waals surface area (Å²) in [6.07, 6.45) is 4.99. The number of piperidine rings is 2. The van der Waals surface area contributed by atoms with Gasteiger partial charge in [0.2, 0.25) is 0 Å². The highest BCUT2D eigenvalue weighted by Crippen LogP contribution is 2.41. The van der Waals surface area contributed by atoms with Crippen LogP contribution in [0, 0.1) is 0 Å². The van der Waals surface area contributed by atoms with E-state index >= 15 is 0 Å². The van der Waals surface area contributed by atoms with E-state index in [9.17, 15) is 4.79 Å². The Bertz CT molecular complexity index is 695. The Kier molecular flexibility index (Phi) is 3.26. The number of rotatable bonds is 1. The molecule has 2 bridgehead atoms. The molecule has 2 aromatic rings. The van der Waals surface area contributed by atoms with Gasteiger partial charge in [0, 0.05) is 40.5 Å². The Labute approximate surface area is 133 Å². The average molecular weight is 344 g/mol. The summed E-state index contributed by atoms with van der Waals surface area (Å²) < 4.78 is 1.14. The van der Waals surface area contributed by atoms with Crippen molar-refractivity contribution in [1.82, 2.24) is 0 Å². The van der Waals surface area contributed by atoms with Gasteiger partial charge in [-0.2, -0.15) is 0 Å². The zero-order valence-corrected chi connectivity index (χ0v) is 13.5. The molecule has 2 atom stereocenters. The van der Waals surface area contributed by atoms with Gasteiger partial charge in [0.15, 0.2) is 0 Å². The maximum absolute atomic E-state index is 11.9. The molecule has 0 amide bonds. The molecule has 21 heavy (non-hydrogen) atoms. The number of fused-ring (bicyclic) bond motifs is 3. The van der Waals surface area contributed by atoms with E-state index in [1.165, 1.54) is 22.9 Å². The van der Waals surface area contributed by atoms with E-state index in [-0.39, 0.29) is 0 Å². The van der Waals surface area contributed by atoms with Crippen molar-refractivity contribution in [3.05, 3.63) is 40.9 Å². The number of carbonyl (C=O) groups excluding carboxylic acids is 1. The third kappa shape index (κ3) is 2.18. The van der Waals surface area contributed by atoms with Crippen molar-refractivity contribution in [1.29, 1.82) is 0 Å². The number of halogens is 1. The van der Waals surface area contributed by atoms with Gasteiger partial charge in [-0.3, -0.25) is 4.79 Å². The van der Waals surface area contributed by atoms with Crippen LogP contribution in [0.4, 0.5) is 5.69 Å². The zero-order valence-electron chi connectivity index (χ0n) is 11.9. The molecule has 108 valence electrons. The molecular formula is C18H18BrNO. The second kappa shape index (κ2) is 5.13. The van der Waals surface area contributed by atoms with Crippen LogP contribution in [-0.4, -0.2) is 17.9 Å². The molecule has 2 heterocycles. The first-order valence-electron chi connectivity index (χ1n) is 7.71. The Morgan fingerprint density at radius 3 is 2.33 bits per heavy atom. The van der Waals surface area contributed by atoms with Gasteiger partial charge in [0.25, 0.3) is 0 Å². The van der Waals surface area contributed by atoms with Gasteiger partial charge in [-0.05, 0) is 36.8 Å². The molecule has 0 N–H and O–H groups in total. The maximum Gasteiger partial charge on any atom is 0.137 e. The number of nitrogens with zero attached hydrogens (tertiary/aromatic N) is 1. The second-order valence-electron chi connectivity index (χ2n) is 6.20. The molecule has 0 saturated carbocycles. The fourth-order valence-corrected chi connectivity index (χ4v) is 4.52. The van der Waals surface area contributed by atoms with Crippen molar-refractivity contribution < 1.29 is 4.79 Å². The van der Waals surface area contributed by atoms with Crippen LogP contribution in [0.1, 0.15) is 32.1 Å². The van der Waals surface area contributed by atoms with Crippen LogP contribution < -0.4 is 4.90 Å². The largest absolute Gasteiger partial charge is 0.364 e. The van der Waals surface area contributed by atoms with Crippen LogP contribution in [0.15, 0.2) is 40.9 Å². The number of ketones is 1. The Morgan fingerprint density at radius 2 is 1.62 bits per heavy atom. The summed E-state index contributed by atoms with van der Waals surface area (Å²) in [6, 6.07) is 13.7. The number of Topliss-reactive ketones (excluding diaryl/α,β-unsaturated/α-hetero) is 1. The molecule has 0 aliphatic carbocycles. The van der Waals surface area contributed by atoms with Crippen LogP contribution in [0.25, 0.3) is 10.8 Å². The minimum Gasteiger partial charge on any atom is -0.364 e. The minimum absolute atomic E-state index is 0.398. The molecule has 2 saturated heterocycles. The third-order valence-electron chi connectivity index (χ3n) is 4.91. The van der Waals surface area contributed by atoms with Gasteiger partial charge in [-0.25, -0.2) is 0 Å². The molecular weight excluding hydrogens is 326 g/mol. The first-order valence-corrected chi connectivity index (χ1v) is 8.50. The van der Waals surface area contributed by atoms with Gasteiger partial charge in [0.05, 0.1) is 0 Å². The van der Waals surface area contributed by atoms with E-state index in [4.69, 9.17) is 0 Å². The predicted octanol–water partition coefficient (Wildman–Crippen LogP) is 4.69. The minimum atomic E-state index is 0.398. The number of hydrogen-bond donors (Lipinski definition) is 0. The molecule has 2 aliphatic heterocycles. The monoisotopic (exact) mass is 343 g/mol. The topological polar surface area (TPSA) is 20.3 Å². The van der Waals surface area contributed by atoms with E-state index in [0.29, 0.717) is 17.9 Å². The molecule has 3 heteroatoms. The predicted molar refractivity (Wildman–Crippen MR) is 89.8 cm³/mol. The lowest BCUT2D eigenvalue weighted by molar-refractivity contribution is -0.121. The van der Waals surface area contributed by atoms with Gasteiger partial charge >= 0.3 is 0 Å². The van der Waals surface area contributed by atoms with Crippen molar-refractivity contribution in [3.8, 4) is 0 Å². The van der Waals surface area contributed by atoms with E-state index in [1.807, 2.05) is 0 Å². The van der Waals surface area contributed by atoms with Crippen LogP contribution in [0.2, 0.25) is 0 Å². The van der Waals surface area contributed by atoms with Crippen molar-refractivity contribution >= 4 is 38.2 Å². The number of benzene rings is 2. The molecule has 0 spiro atoms. The molecule has 2 nitrogen and oxygen atoms in total. The standard InChI is InChI=1S/C18H18BrNO/c19-17-8-9-18(16-7-2-1-6-15(16)17)20-12-4-3-5-13(20)11-14(21)10-12/h1-2,6-9,12-13H,3-5,10-11H2. The van der Waals surface area contributed by atoms with Gasteiger partial charge in [-0.15, -0.1) is 0 Å². The van der Waals surface area contributed by atoms with E-state index in [2.05, 4.69) is 57.2 Å². The number of carbonyl (C=O) groups is 1. The molecule has 4 rings (SSSR count). The summed E-state index contributed by atoms with van der Waals surface area (Å²) in [5.41, 5.74) is 1.30. The van der Waals surface area contributed by atoms with E-state index in [1.54, 1.807) is 0 Å². The lowest BCUT2D eigenvalue weighted by Gasteiger charge is -2.47. The molecule has 0 aromatic heterocycles. The van der Waals surface area contributed by atoms with E-state index < -0.39 is 0 Å². The number of hydrogen-bond acceptors (Lipinski definition) is 2. The summed E-state index contributed by atoms with van der Waals surface area (Å²) in [6.45, 7) is 0. The van der Waals surface area contributed by atoms with E-state index in [0.717, 1.165) is 30.2 Å². The zero-order chi connectivity index (χ0) is 14.4. The Balaban J connectivity index is 1.87. The first-order chi connectivity index (χ1) is 10.2. The van der Waals surface area contributed by atoms with Crippen LogP contribution in [-0.2, 0) is 4.79 Å². The number of anilines is 1. The first kappa shape index (κ1) is 13.3. The van der Waals surface area contributed by atoms with Gasteiger partial charge < -0.3 is 4.90 Å². The summed E-state index contributed by atoms with van der Waals surface area (Å²) in [5.74, 6) is 0.447. The van der Waals surface area contributed by atoms with Crippen molar-refractivity contribution in [2.24, 2.45) is 0 Å². The molecule has 2 unspecified atom stereocenters. The van der Waals surface area contributed by atoms with Crippen LogP contribution in [0.3, 0.4) is 0 Å². The maximum atomic E-state index is 11.9. The Morgan fingerprint density at radius 1 is 0.952 bits per heavy atom.